The van der Waals surface area contributed by atoms with Gasteiger partial charge in [-0.2, -0.15) is 0 Å². The van der Waals surface area contributed by atoms with Gasteiger partial charge in [-0.3, -0.25) is 10.1 Å². The van der Waals surface area contributed by atoms with Crippen LogP contribution in [0.5, 0.6) is 5.75 Å². The number of imidazole rings is 1. The molecule has 0 spiro atoms. The summed E-state index contributed by atoms with van der Waals surface area (Å²) >= 11 is 0. The maximum absolute atomic E-state index is 14.0. The summed E-state index contributed by atoms with van der Waals surface area (Å²) in [6, 6.07) is 16.9. The molecule has 0 radical (unpaired) electrons. The summed E-state index contributed by atoms with van der Waals surface area (Å²) in [6.07, 6.45) is -0.185. The normalized spacial score (nSPS) is 17.0. The number of amides is 3. The zero-order chi connectivity index (χ0) is 28.5. The maximum Gasteiger partial charge on any atom is 0.413 e. The van der Waals surface area contributed by atoms with E-state index in [0.29, 0.717) is 36.5 Å². The van der Waals surface area contributed by atoms with Gasteiger partial charge in [0.1, 0.15) is 24.0 Å². The fourth-order valence-electron chi connectivity index (χ4n) is 5.38. The number of benzene rings is 3. The molecule has 1 atom stereocenters. The van der Waals surface area contributed by atoms with E-state index in [0.717, 1.165) is 22.2 Å². The van der Waals surface area contributed by atoms with Crippen LogP contribution in [0.25, 0.3) is 22.2 Å². The number of nitrogens with zero attached hydrogens (tertiary/aromatic N) is 3. The smallest absolute Gasteiger partial charge is 0.413 e. The van der Waals surface area contributed by atoms with Crippen LogP contribution < -0.4 is 10.1 Å². The van der Waals surface area contributed by atoms with Gasteiger partial charge in [0.05, 0.1) is 37.3 Å². The lowest BCUT2D eigenvalue weighted by molar-refractivity contribution is -0.122. The molecule has 10 nitrogen and oxygen atoms in total. The van der Waals surface area contributed by atoms with Crippen LogP contribution >= 0.6 is 0 Å². The highest BCUT2D eigenvalue weighted by Crippen LogP contribution is 2.34. The molecule has 0 bridgehead atoms. The number of fused-ring (bicyclic) bond motifs is 2. The molecular weight excluding hydrogens is 529 g/mol. The monoisotopic (exact) mass is 557 g/mol. The van der Waals surface area contributed by atoms with Crippen molar-refractivity contribution in [2.75, 3.05) is 32.1 Å². The summed E-state index contributed by atoms with van der Waals surface area (Å²) in [4.78, 5) is 48.5. The summed E-state index contributed by atoms with van der Waals surface area (Å²) in [5.74, 6) is 0.637. The Labute approximate surface area is 235 Å². The summed E-state index contributed by atoms with van der Waals surface area (Å²) in [5.41, 5.74) is 4.71. The lowest BCUT2D eigenvalue weighted by atomic mass is 9.94. The number of urea groups is 1. The van der Waals surface area contributed by atoms with Crippen molar-refractivity contribution in [3.05, 3.63) is 77.6 Å². The van der Waals surface area contributed by atoms with Crippen molar-refractivity contribution < 1.29 is 28.2 Å². The van der Waals surface area contributed by atoms with Crippen LogP contribution in [-0.4, -0.2) is 64.5 Å². The minimum Gasteiger partial charge on any atom is -0.491 e. The molecule has 2 N–H and O–H groups in total. The molecule has 2 aliphatic heterocycles. The van der Waals surface area contributed by atoms with Crippen molar-refractivity contribution in [3.63, 3.8) is 0 Å². The quantitative estimate of drug-likeness (QED) is 0.355. The first kappa shape index (κ1) is 26.3. The predicted molar refractivity (Wildman–Crippen MR) is 149 cm³/mol. The van der Waals surface area contributed by atoms with Gasteiger partial charge in [-0.1, -0.05) is 24.3 Å². The number of ketones is 1. The molecule has 41 heavy (non-hydrogen) atoms. The molecule has 6 rings (SSSR count). The number of ether oxygens (including phenoxy) is 2. The number of likely N-dealkylation sites (tertiary alicyclic amines) is 1. The number of hydrogen-bond donors (Lipinski definition) is 2. The highest BCUT2D eigenvalue weighted by Gasteiger charge is 2.35. The molecule has 4 aromatic rings. The summed E-state index contributed by atoms with van der Waals surface area (Å²) in [6.45, 7) is 1.30. The number of halogens is 1. The predicted octanol–water partition coefficient (Wildman–Crippen LogP) is 5.27. The fourth-order valence-corrected chi connectivity index (χ4v) is 5.38. The van der Waals surface area contributed by atoms with Gasteiger partial charge in [-0.15, -0.1) is 0 Å². The van der Waals surface area contributed by atoms with Crippen LogP contribution in [0.1, 0.15) is 30.0 Å². The van der Waals surface area contributed by atoms with Gasteiger partial charge >= 0.3 is 12.1 Å². The Morgan fingerprint density at radius 3 is 2.76 bits per heavy atom. The molecule has 210 valence electrons. The Kier molecular flexibility index (Phi) is 7.00. The fraction of sp³-hybridized carbons (Fsp3) is 0.267. The second-order valence-electron chi connectivity index (χ2n) is 10.1. The number of Topliss-reactive ketones (excluding diaryl/α,β-unsaturated/α-hetero) is 1. The molecule has 3 aromatic carbocycles. The summed E-state index contributed by atoms with van der Waals surface area (Å²) in [7, 11) is 1.28. The van der Waals surface area contributed by atoms with Gasteiger partial charge in [-0.25, -0.2) is 19.0 Å². The van der Waals surface area contributed by atoms with E-state index < -0.39 is 18.0 Å². The maximum atomic E-state index is 14.0. The van der Waals surface area contributed by atoms with Crippen molar-refractivity contribution >= 4 is 34.9 Å². The molecule has 1 unspecified atom stereocenters. The third-order valence-electron chi connectivity index (χ3n) is 7.44. The average molecular weight is 558 g/mol. The molecule has 0 saturated carbocycles. The number of carbonyl (C=O) groups excluding carboxylic acids is 3. The molecule has 2 aliphatic rings. The third-order valence-corrected chi connectivity index (χ3v) is 7.44. The van der Waals surface area contributed by atoms with E-state index in [2.05, 4.69) is 20.0 Å². The Morgan fingerprint density at radius 2 is 1.93 bits per heavy atom. The van der Waals surface area contributed by atoms with Crippen LogP contribution in [0.3, 0.4) is 0 Å². The minimum absolute atomic E-state index is 0.0555. The van der Waals surface area contributed by atoms with Crippen molar-refractivity contribution in [1.82, 2.24) is 19.8 Å². The number of nitrogens with one attached hydrogen (secondary N) is 2. The zero-order valence-electron chi connectivity index (χ0n) is 22.4. The van der Waals surface area contributed by atoms with E-state index in [9.17, 15) is 18.8 Å². The SMILES string of the molecule is COC(=O)Nc1nc2ccc(-c3ccc4c(c3)CN(C(=O)N3CCC(=O)CC3c3cccc(F)c3)CCO4)cc2[nH]1. The molecule has 1 saturated heterocycles. The highest BCUT2D eigenvalue weighted by molar-refractivity contribution is 5.88. The number of aromatic nitrogens is 2. The van der Waals surface area contributed by atoms with E-state index in [1.54, 1.807) is 21.9 Å². The number of anilines is 1. The van der Waals surface area contributed by atoms with E-state index in [1.165, 1.54) is 19.2 Å². The zero-order valence-corrected chi connectivity index (χ0v) is 22.4. The lowest BCUT2D eigenvalue weighted by Gasteiger charge is -2.38. The van der Waals surface area contributed by atoms with Crippen LogP contribution in [-0.2, 0) is 16.1 Å². The standard InChI is InChI=1S/C30H28FN5O5/c1-40-29(38)34-28-32-24-7-5-19(15-25(24)33-28)18-6-8-27-21(13-18)17-35(11-12-41-27)30(39)36-10-9-23(37)16-26(36)20-3-2-4-22(31)14-20/h2-8,13-15,26H,9-12,16-17H2,1H3,(H2,32,33,34,38). The largest absolute Gasteiger partial charge is 0.491 e. The lowest BCUT2D eigenvalue weighted by Crippen LogP contribution is -2.48. The topological polar surface area (TPSA) is 117 Å². The molecule has 11 heteroatoms. The molecule has 3 amide bonds. The Balaban J connectivity index is 1.25. The first-order valence-electron chi connectivity index (χ1n) is 13.3. The van der Waals surface area contributed by atoms with Crippen LogP contribution in [0, 0.1) is 5.82 Å². The first-order chi connectivity index (χ1) is 19.9. The van der Waals surface area contributed by atoms with Crippen molar-refractivity contribution in [3.8, 4) is 16.9 Å². The van der Waals surface area contributed by atoms with Gasteiger partial charge in [-0.05, 0) is 53.1 Å². The highest BCUT2D eigenvalue weighted by atomic mass is 19.1. The van der Waals surface area contributed by atoms with E-state index >= 15 is 0 Å². The van der Waals surface area contributed by atoms with Gasteiger partial charge < -0.3 is 24.3 Å². The number of H-pyrrole nitrogens is 1. The summed E-state index contributed by atoms with van der Waals surface area (Å²) < 4.78 is 24.6. The van der Waals surface area contributed by atoms with E-state index in [-0.39, 0.29) is 37.1 Å². The average Bonchev–Trinajstić information content (AvgIpc) is 3.25. The van der Waals surface area contributed by atoms with Gasteiger partial charge in [0.2, 0.25) is 5.95 Å². The van der Waals surface area contributed by atoms with Crippen LogP contribution in [0.2, 0.25) is 0 Å². The number of rotatable bonds is 3. The number of carbonyl (C=O) groups is 3. The Morgan fingerprint density at radius 1 is 1.10 bits per heavy atom. The van der Waals surface area contributed by atoms with Gasteiger partial charge in [0.15, 0.2) is 0 Å². The first-order valence-corrected chi connectivity index (χ1v) is 13.3. The van der Waals surface area contributed by atoms with Crippen molar-refractivity contribution in [1.29, 1.82) is 0 Å². The van der Waals surface area contributed by atoms with Crippen molar-refractivity contribution in [2.45, 2.75) is 25.4 Å². The number of hydrogen-bond acceptors (Lipinski definition) is 6. The summed E-state index contributed by atoms with van der Waals surface area (Å²) in [5, 5.41) is 2.53. The number of methoxy groups -OCH3 is 1. The molecule has 3 heterocycles. The number of piperidine rings is 1. The number of aromatic amines is 1. The van der Waals surface area contributed by atoms with Gasteiger partial charge in [0, 0.05) is 24.9 Å². The van der Waals surface area contributed by atoms with Crippen molar-refractivity contribution in [2.24, 2.45) is 0 Å². The molecule has 1 aromatic heterocycles. The second kappa shape index (κ2) is 10.9. The molecular formula is C30H28FN5O5. The third kappa shape index (κ3) is 5.43. The van der Waals surface area contributed by atoms with E-state index in [1.807, 2.05) is 36.4 Å². The van der Waals surface area contributed by atoms with E-state index in [4.69, 9.17) is 4.74 Å². The van der Waals surface area contributed by atoms with Crippen LogP contribution in [0.15, 0.2) is 60.7 Å². The Hall–Kier alpha value is -4.93. The van der Waals surface area contributed by atoms with Gasteiger partial charge in [0.25, 0.3) is 0 Å². The van der Waals surface area contributed by atoms with Crippen LogP contribution in [0.4, 0.5) is 19.9 Å². The minimum atomic E-state index is -0.618. The molecule has 1 fully saturated rings. The molecule has 0 aliphatic carbocycles. The Bertz CT molecular complexity index is 1650. The second-order valence-corrected chi connectivity index (χ2v) is 10.1.